The van der Waals surface area contributed by atoms with E-state index in [1.165, 1.54) is 12.4 Å². The van der Waals surface area contributed by atoms with Gasteiger partial charge in [-0.25, -0.2) is 18.6 Å². The zero-order chi connectivity index (χ0) is 17.2. The molecular formula is C15H14F2N2O3S. The maximum absolute atomic E-state index is 14.1. The van der Waals surface area contributed by atoms with Crippen LogP contribution in [0.15, 0.2) is 23.7 Å². The summed E-state index contributed by atoms with van der Waals surface area (Å²) >= 11 is 1.08. The average Bonchev–Trinajstić information content (AvgIpc) is 2.94. The van der Waals surface area contributed by atoms with Crippen molar-refractivity contribution in [3.05, 3.63) is 51.5 Å². The molecule has 8 heteroatoms. The normalized spacial score (nSPS) is 13.3. The number of hydrogen-bond acceptors (Lipinski definition) is 5. The summed E-state index contributed by atoms with van der Waals surface area (Å²) in [6.07, 6.45) is 0. The third-order valence-corrected chi connectivity index (χ3v) is 4.30. The van der Waals surface area contributed by atoms with Gasteiger partial charge in [0.25, 0.3) is 5.91 Å². The van der Waals surface area contributed by atoms with Gasteiger partial charge in [0.15, 0.2) is 5.54 Å². The monoisotopic (exact) mass is 340 g/mol. The summed E-state index contributed by atoms with van der Waals surface area (Å²) in [6.45, 7) is 2.88. The van der Waals surface area contributed by atoms with Crippen LogP contribution in [0.2, 0.25) is 0 Å². The van der Waals surface area contributed by atoms with Crippen LogP contribution < -0.4 is 5.32 Å². The minimum Gasteiger partial charge on any atom is -0.467 e. The molecular weight excluding hydrogens is 326 g/mol. The fraction of sp³-hybridized carbons (Fsp3) is 0.267. The molecule has 0 aliphatic heterocycles. The van der Waals surface area contributed by atoms with Crippen molar-refractivity contribution in [1.29, 1.82) is 0 Å². The van der Waals surface area contributed by atoms with Crippen LogP contribution in [0.5, 0.6) is 0 Å². The van der Waals surface area contributed by atoms with Crippen LogP contribution >= 0.6 is 11.3 Å². The molecule has 0 fully saturated rings. The lowest BCUT2D eigenvalue weighted by Gasteiger charge is -2.28. The van der Waals surface area contributed by atoms with Crippen molar-refractivity contribution in [1.82, 2.24) is 10.3 Å². The highest BCUT2D eigenvalue weighted by molar-refractivity contribution is 7.11. The van der Waals surface area contributed by atoms with Crippen molar-refractivity contribution in [3.8, 4) is 0 Å². The molecule has 0 aliphatic carbocycles. The van der Waals surface area contributed by atoms with Gasteiger partial charge in [-0.2, -0.15) is 0 Å². The molecule has 122 valence electrons. The number of nitrogens with zero attached hydrogens (tertiary/aromatic N) is 1. The van der Waals surface area contributed by atoms with Crippen molar-refractivity contribution >= 4 is 23.2 Å². The Labute approximate surface area is 135 Å². The number of esters is 1. The zero-order valence-corrected chi connectivity index (χ0v) is 13.5. The highest BCUT2D eigenvalue weighted by atomic mass is 32.1. The van der Waals surface area contributed by atoms with Crippen LogP contribution in [-0.2, 0) is 15.1 Å². The number of thiazole rings is 1. The van der Waals surface area contributed by atoms with Crippen LogP contribution in [0, 0.1) is 18.6 Å². The van der Waals surface area contributed by atoms with Gasteiger partial charge >= 0.3 is 5.97 Å². The first-order chi connectivity index (χ1) is 10.8. The quantitative estimate of drug-likeness (QED) is 0.869. The van der Waals surface area contributed by atoms with Crippen molar-refractivity contribution < 1.29 is 23.1 Å². The number of rotatable bonds is 4. The SMILES string of the molecule is COC(=O)[C@](C)(NC(=O)c1scnc1C)c1cc(F)ccc1F. The fourth-order valence-corrected chi connectivity index (χ4v) is 2.81. The van der Waals surface area contributed by atoms with E-state index < -0.39 is 29.0 Å². The number of benzene rings is 1. The second-order valence-electron chi connectivity index (χ2n) is 4.96. The highest BCUT2D eigenvalue weighted by Crippen LogP contribution is 2.27. The number of methoxy groups -OCH3 is 1. The summed E-state index contributed by atoms with van der Waals surface area (Å²) in [5, 5.41) is 2.42. The van der Waals surface area contributed by atoms with E-state index in [1.54, 1.807) is 6.92 Å². The number of carbonyl (C=O) groups is 2. The number of amides is 1. The Morgan fingerprint density at radius 1 is 1.35 bits per heavy atom. The van der Waals surface area contributed by atoms with Gasteiger partial charge in [0.05, 0.1) is 18.3 Å². The number of halogens is 2. The van der Waals surface area contributed by atoms with Gasteiger partial charge in [0, 0.05) is 5.56 Å². The van der Waals surface area contributed by atoms with Crippen molar-refractivity contribution in [2.75, 3.05) is 7.11 Å². The zero-order valence-electron chi connectivity index (χ0n) is 12.6. The van der Waals surface area contributed by atoms with Crippen molar-refractivity contribution in [2.24, 2.45) is 0 Å². The number of aromatic nitrogens is 1. The molecule has 23 heavy (non-hydrogen) atoms. The maximum atomic E-state index is 14.1. The van der Waals surface area contributed by atoms with Crippen LogP contribution in [0.25, 0.3) is 0 Å². The summed E-state index contributed by atoms with van der Waals surface area (Å²) in [5.41, 5.74) is -0.254. The molecule has 0 spiro atoms. The lowest BCUT2D eigenvalue weighted by atomic mass is 9.91. The van der Waals surface area contributed by atoms with Gasteiger partial charge in [-0.15, -0.1) is 11.3 Å². The molecule has 1 aromatic carbocycles. The Balaban J connectivity index is 2.48. The molecule has 2 aromatic rings. The van der Waals surface area contributed by atoms with Gasteiger partial charge in [-0.3, -0.25) is 4.79 Å². The van der Waals surface area contributed by atoms with E-state index in [0.717, 1.165) is 36.6 Å². The Morgan fingerprint density at radius 3 is 2.61 bits per heavy atom. The predicted octanol–water partition coefficient (Wildman–Crippen LogP) is 2.55. The summed E-state index contributed by atoms with van der Waals surface area (Å²) in [6, 6.07) is 2.66. The Morgan fingerprint density at radius 2 is 2.04 bits per heavy atom. The van der Waals surface area contributed by atoms with Crippen molar-refractivity contribution in [3.63, 3.8) is 0 Å². The van der Waals surface area contributed by atoms with E-state index >= 15 is 0 Å². The van der Waals surface area contributed by atoms with Crippen LogP contribution in [0.4, 0.5) is 8.78 Å². The minimum atomic E-state index is -1.88. The maximum Gasteiger partial charge on any atom is 0.336 e. The summed E-state index contributed by atoms with van der Waals surface area (Å²) in [7, 11) is 1.10. The first-order valence-corrected chi connectivity index (χ1v) is 7.44. The number of aryl methyl sites for hydroxylation is 1. The van der Waals surface area contributed by atoms with E-state index in [1.807, 2.05) is 0 Å². The second kappa shape index (κ2) is 6.41. The number of carbonyl (C=O) groups excluding carboxylic acids is 2. The lowest BCUT2D eigenvalue weighted by Crippen LogP contribution is -2.50. The standard InChI is InChI=1S/C15H14F2N2O3S/c1-8-12(23-7-18-8)13(20)19-15(2,14(21)22-3)10-6-9(16)4-5-11(10)17/h4-7H,1-3H3,(H,19,20)/t15-/m1/s1. The molecule has 1 atom stereocenters. The van der Waals surface area contributed by atoms with Gasteiger partial charge in [-0.1, -0.05) is 0 Å². The van der Waals surface area contributed by atoms with E-state index in [2.05, 4.69) is 15.0 Å². The third-order valence-electron chi connectivity index (χ3n) is 3.38. The van der Waals surface area contributed by atoms with Gasteiger partial charge < -0.3 is 10.1 Å². The summed E-state index contributed by atoms with van der Waals surface area (Å²) in [4.78, 5) is 28.7. The number of hydrogen-bond donors (Lipinski definition) is 1. The highest BCUT2D eigenvalue weighted by Gasteiger charge is 2.41. The molecule has 0 unspecified atom stereocenters. The molecule has 2 rings (SSSR count). The molecule has 1 heterocycles. The second-order valence-corrected chi connectivity index (χ2v) is 5.82. The summed E-state index contributed by atoms with van der Waals surface area (Å²) in [5.74, 6) is -3.11. The van der Waals surface area contributed by atoms with Gasteiger partial charge in [-0.05, 0) is 32.0 Å². The third kappa shape index (κ3) is 3.21. The van der Waals surface area contributed by atoms with E-state index in [0.29, 0.717) is 5.69 Å². The molecule has 0 saturated carbocycles. The molecule has 0 saturated heterocycles. The van der Waals surface area contributed by atoms with E-state index in [9.17, 15) is 18.4 Å². The molecule has 1 aromatic heterocycles. The van der Waals surface area contributed by atoms with E-state index in [-0.39, 0.29) is 10.4 Å². The molecule has 0 radical (unpaired) electrons. The first-order valence-electron chi connectivity index (χ1n) is 6.56. The average molecular weight is 340 g/mol. The summed E-state index contributed by atoms with van der Waals surface area (Å²) < 4.78 is 32.2. The molecule has 0 bridgehead atoms. The van der Waals surface area contributed by atoms with Crippen LogP contribution in [0.1, 0.15) is 27.9 Å². The Bertz CT molecular complexity index is 763. The first kappa shape index (κ1) is 17.0. The number of nitrogens with one attached hydrogen (secondary N) is 1. The topological polar surface area (TPSA) is 68.3 Å². The van der Waals surface area contributed by atoms with E-state index in [4.69, 9.17) is 0 Å². The number of ether oxygens (including phenoxy) is 1. The Kier molecular flexibility index (Phi) is 4.74. The fourth-order valence-electron chi connectivity index (χ4n) is 2.12. The molecule has 1 N–H and O–H groups in total. The van der Waals surface area contributed by atoms with Gasteiger partial charge in [0.2, 0.25) is 0 Å². The largest absolute Gasteiger partial charge is 0.467 e. The molecule has 0 aliphatic rings. The van der Waals surface area contributed by atoms with Crippen LogP contribution in [-0.4, -0.2) is 24.0 Å². The van der Waals surface area contributed by atoms with Gasteiger partial charge in [0.1, 0.15) is 16.5 Å². The van der Waals surface area contributed by atoms with Crippen LogP contribution in [0.3, 0.4) is 0 Å². The predicted molar refractivity (Wildman–Crippen MR) is 80.0 cm³/mol. The lowest BCUT2D eigenvalue weighted by molar-refractivity contribution is -0.148. The van der Waals surface area contributed by atoms with Crippen molar-refractivity contribution in [2.45, 2.75) is 19.4 Å². The molecule has 1 amide bonds. The minimum absolute atomic E-state index is 0.275. The molecule has 5 nitrogen and oxygen atoms in total. The Hall–Kier alpha value is -2.35. The smallest absolute Gasteiger partial charge is 0.336 e.